The Hall–Kier alpha value is -3.99. The van der Waals surface area contributed by atoms with Gasteiger partial charge in [0.1, 0.15) is 0 Å². The zero-order chi connectivity index (χ0) is 19.2. The quantitative estimate of drug-likeness (QED) is 0.473. The first-order valence-corrected chi connectivity index (χ1v) is 9.58. The molecule has 0 aliphatic carbocycles. The molecule has 0 aliphatic heterocycles. The Bertz CT molecular complexity index is 1490. The van der Waals surface area contributed by atoms with Crippen LogP contribution in [0, 0.1) is 0 Å². The van der Waals surface area contributed by atoms with Crippen molar-refractivity contribution >= 4 is 27.5 Å². The third-order valence-corrected chi connectivity index (χ3v) is 5.33. The van der Waals surface area contributed by atoms with Gasteiger partial charge in [0.2, 0.25) is 0 Å². The summed E-state index contributed by atoms with van der Waals surface area (Å²) in [7, 11) is 0. The van der Waals surface area contributed by atoms with Gasteiger partial charge in [-0.15, -0.1) is 0 Å². The van der Waals surface area contributed by atoms with Crippen molar-refractivity contribution in [1.29, 1.82) is 0 Å². The van der Waals surface area contributed by atoms with E-state index in [1.165, 1.54) is 10.9 Å². The van der Waals surface area contributed by atoms with Gasteiger partial charge in [-0.05, 0) is 54.1 Å². The smallest absolute Gasteiger partial charge is 0.153 e. The van der Waals surface area contributed by atoms with Gasteiger partial charge in [-0.25, -0.2) is 9.50 Å². The van der Waals surface area contributed by atoms with Crippen LogP contribution in [0.3, 0.4) is 0 Å². The molecule has 0 aliphatic rings. The number of benzene rings is 2. The van der Waals surface area contributed by atoms with Crippen LogP contribution < -0.4 is 0 Å². The molecule has 0 spiro atoms. The van der Waals surface area contributed by atoms with Crippen LogP contribution in [0.5, 0.6) is 0 Å². The van der Waals surface area contributed by atoms with Crippen LogP contribution in [-0.4, -0.2) is 24.6 Å². The summed E-state index contributed by atoms with van der Waals surface area (Å²) in [5.41, 5.74) is 7.30. The van der Waals surface area contributed by atoms with E-state index < -0.39 is 0 Å². The van der Waals surface area contributed by atoms with E-state index in [-0.39, 0.29) is 0 Å². The summed E-state index contributed by atoms with van der Waals surface area (Å²) < 4.78 is 1.95. The zero-order valence-electron chi connectivity index (χ0n) is 15.6. The van der Waals surface area contributed by atoms with Gasteiger partial charge < -0.3 is 4.98 Å². The highest BCUT2D eigenvalue weighted by Gasteiger charge is 2.09. The number of rotatable bonds is 3. The molecule has 4 heterocycles. The average molecular weight is 375 g/mol. The first kappa shape index (κ1) is 16.0. The Morgan fingerprint density at radius 2 is 1.86 bits per heavy atom. The van der Waals surface area contributed by atoms with E-state index in [9.17, 15) is 0 Å². The molecule has 6 aromatic rings. The predicted octanol–water partition coefficient (Wildman–Crippen LogP) is 5.02. The first-order chi connectivity index (χ1) is 14.3. The zero-order valence-corrected chi connectivity index (χ0v) is 15.6. The summed E-state index contributed by atoms with van der Waals surface area (Å²) in [6.45, 7) is 0. The van der Waals surface area contributed by atoms with Crippen molar-refractivity contribution in [3.05, 3.63) is 96.6 Å². The monoisotopic (exact) mass is 375 g/mol. The highest BCUT2D eigenvalue weighted by atomic mass is 15.3. The Balaban J connectivity index is 1.41. The number of aromatic amines is 1. The lowest BCUT2D eigenvalue weighted by Gasteiger charge is -2.06. The summed E-state index contributed by atoms with van der Waals surface area (Å²) in [5.74, 6) is 0. The normalized spacial score (nSPS) is 11.6. The number of aromatic nitrogens is 5. The maximum atomic E-state index is 4.89. The minimum atomic E-state index is 0.763. The third kappa shape index (κ3) is 2.75. The minimum absolute atomic E-state index is 0.763. The SMILES string of the molecule is c1cnc2ccc(Cc3cnc4ccc(-c5ccc6[nH]ccc6c5)nn34)cc2c1. The number of fused-ring (bicyclic) bond motifs is 3. The van der Waals surface area contributed by atoms with Crippen LogP contribution in [0.15, 0.2) is 85.3 Å². The van der Waals surface area contributed by atoms with E-state index in [2.05, 4.69) is 63.5 Å². The molecule has 5 nitrogen and oxygen atoms in total. The van der Waals surface area contributed by atoms with Crippen molar-refractivity contribution in [3.63, 3.8) is 0 Å². The molecule has 4 aromatic heterocycles. The number of hydrogen-bond donors (Lipinski definition) is 1. The summed E-state index contributed by atoms with van der Waals surface area (Å²) in [4.78, 5) is 12.2. The van der Waals surface area contributed by atoms with E-state index in [0.29, 0.717) is 0 Å². The van der Waals surface area contributed by atoms with Crippen molar-refractivity contribution in [2.75, 3.05) is 0 Å². The highest BCUT2D eigenvalue weighted by molar-refractivity contribution is 5.84. The lowest BCUT2D eigenvalue weighted by atomic mass is 10.1. The Morgan fingerprint density at radius 3 is 2.86 bits per heavy atom. The topological polar surface area (TPSA) is 58.9 Å². The van der Waals surface area contributed by atoms with Gasteiger partial charge in [-0.3, -0.25) is 4.98 Å². The number of nitrogens with one attached hydrogen (secondary N) is 1. The molecule has 0 saturated carbocycles. The van der Waals surface area contributed by atoms with E-state index in [1.807, 2.05) is 41.3 Å². The first-order valence-electron chi connectivity index (χ1n) is 9.58. The summed E-state index contributed by atoms with van der Waals surface area (Å²) in [5, 5.41) is 7.21. The lowest BCUT2D eigenvalue weighted by molar-refractivity contribution is 0.876. The van der Waals surface area contributed by atoms with Crippen LogP contribution in [0.1, 0.15) is 11.3 Å². The van der Waals surface area contributed by atoms with Crippen LogP contribution >= 0.6 is 0 Å². The fourth-order valence-electron chi connectivity index (χ4n) is 3.85. The number of H-pyrrole nitrogens is 1. The number of imidazole rings is 1. The molecule has 0 unspecified atom stereocenters. The van der Waals surface area contributed by atoms with Crippen molar-refractivity contribution in [2.24, 2.45) is 0 Å². The van der Waals surface area contributed by atoms with Crippen molar-refractivity contribution < 1.29 is 0 Å². The van der Waals surface area contributed by atoms with E-state index in [0.717, 1.165) is 45.4 Å². The molecule has 6 rings (SSSR count). The van der Waals surface area contributed by atoms with E-state index in [1.54, 1.807) is 0 Å². The minimum Gasteiger partial charge on any atom is -0.361 e. The molecular formula is C24H17N5. The second kappa shape index (κ2) is 6.27. The second-order valence-electron chi connectivity index (χ2n) is 7.23. The largest absolute Gasteiger partial charge is 0.361 e. The summed E-state index contributed by atoms with van der Waals surface area (Å²) >= 11 is 0. The molecule has 0 saturated heterocycles. The predicted molar refractivity (Wildman–Crippen MR) is 115 cm³/mol. The van der Waals surface area contributed by atoms with Crippen molar-refractivity contribution in [1.82, 2.24) is 24.6 Å². The van der Waals surface area contributed by atoms with Crippen molar-refractivity contribution in [2.45, 2.75) is 6.42 Å². The summed E-state index contributed by atoms with van der Waals surface area (Å²) in [6, 6.07) is 22.9. The van der Waals surface area contributed by atoms with Gasteiger partial charge in [0.25, 0.3) is 0 Å². The van der Waals surface area contributed by atoms with Crippen molar-refractivity contribution in [3.8, 4) is 11.3 Å². The van der Waals surface area contributed by atoms with Crippen LogP contribution in [-0.2, 0) is 6.42 Å². The molecule has 2 aromatic carbocycles. The van der Waals surface area contributed by atoms with Gasteiger partial charge in [0, 0.05) is 40.7 Å². The molecule has 0 radical (unpaired) electrons. The number of pyridine rings is 1. The van der Waals surface area contributed by atoms with Gasteiger partial charge in [-0.2, -0.15) is 5.10 Å². The standard InChI is InChI=1S/C24H17N5/c1-2-17-12-16(3-5-21(17)25-10-1)13-20-15-27-24-8-7-23(28-29(20)24)18-4-6-22-19(14-18)9-11-26-22/h1-12,14-15,26H,13H2. The molecule has 0 bridgehead atoms. The van der Waals surface area contributed by atoms with Gasteiger partial charge in [-0.1, -0.05) is 18.2 Å². The van der Waals surface area contributed by atoms with Crippen LogP contribution in [0.2, 0.25) is 0 Å². The maximum absolute atomic E-state index is 4.89. The molecule has 5 heteroatoms. The Kier molecular flexibility index (Phi) is 3.46. The Morgan fingerprint density at radius 1 is 0.862 bits per heavy atom. The highest BCUT2D eigenvalue weighted by Crippen LogP contribution is 2.23. The maximum Gasteiger partial charge on any atom is 0.153 e. The molecule has 0 amide bonds. The molecule has 0 atom stereocenters. The lowest BCUT2D eigenvalue weighted by Crippen LogP contribution is -2.00. The molecule has 138 valence electrons. The number of nitrogens with zero attached hydrogens (tertiary/aromatic N) is 4. The number of hydrogen-bond acceptors (Lipinski definition) is 3. The molecular weight excluding hydrogens is 358 g/mol. The van der Waals surface area contributed by atoms with Gasteiger partial charge in [0.05, 0.1) is 23.1 Å². The van der Waals surface area contributed by atoms with E-state index >= 15 is 0 Å². The van der Waals surface area contributed by atoms with Gasteiger partial charge >= 0.3 is 0 Å². The fraction of sp³-hybridized carbons (Fsp3) is 0.0417. The van der Waals surface area contributed by atoms with Crippen LogP contribution in [0.25, 0.3) is 38.7 Å². The second-order valence-corrected chi connectivity index (χ2v) is 7.23. The Labute approximate surface area is 166 Å². The molecule has 29 heavy (non-hydrogen) atoms. The average Bonchev–Trinajstić information content (AvgIpc) is 3.40. The molecule has 1 N–H and O–H groups in total. The van der Waals surface area contributed by atoms with E-state index in [4.69, 9.17) is 5.10 Å². The third-order valence-electron chi connectivity index (χ3n) is 5.33. The van der Waals surface area contributed by atoms with Gasteiger partial charge in [0.15, 0.2) is 5.65 Å². The fourth-order valence-corrected chi connectivity index (χ4v) is 3.85. The summed E-state index contributed by atoms with van der Waals surface area (Å²) in [6.07, 6.45) is 6.45. The molecule has 0 fully saturated rings. The van der Waals surface area contributed by atoms with Crippen LogP contribution in [0.4, 0.5) is 0 Å².